The first-order chi connectivity index (χ1) is 10.7. The Morgan fingerprint density at radius 2 is 1.74 bits per heavy atom. The Morgan fingerprint density at radius 1 is 1.17 bits per heavy atom. The zero-order valence-electron chi connectivity index (χ0n) is 14.8. The van der Waals surface area contributed by atoms with E-state index in [9.17, 15) is 9.36 Å². The van der Waals surface area contributed by atoms with Crippen LogP contribution in [0.5, 0.6) is 0 Å². The molecule has 7 nitrogen and oxygen atoms in total. The van der Waals surface area contributed by atoms with Crippen molar-refractivity contribution in [3.8, 4) is 0 Å². The number of esters is 1. The van der Waals surface area contributed by atoms with E-state index < -0.39 is 21.6 Å². The maximum absolute atomic E-state index is 12.7. The summed E-state index contributed by atoms with van der Waals surface area (Å²) in [6.45, 7) is 12.4. The van der Waals surface area contributed by atoms with Gasteiger partial charge in [-0.2, -0.15) is 5.10 Å². The van der Waals surface area contributed by atoms with Gasteiger partial charge >= 0.3 is 13.6 Å². The van der Waals surface area contributed by atoms with Gasteiger partial charge in [0.2, 0.25) is 0 Å². The second-order valence-electron chi connectivity index (χ2n) is 5.96. The Hall–Kier alpha value is -0.953. The summed E-state index contributed by atoms with van der Waals surface area (Å²) in [5.74, 6) is -0.457. The van der Waals surface area contributed by atoms with Gasteiger partial charge in [-0.3, -0.25) is 4.57 Å². The van der Waals surface area contributed by atoms with Crippen LogP contribution in [0.1, 0.15) is 31.3 Å². The standard InChI is InChI=1S/C14H27N2O5PSi/c1-7-19-14(17)13-12(23(4,5)6)10-15-16(13)11-22(18,20-8-2)21-9-3/h10H,7-9,11H2,1-6H3. The number of rotatable bonds is 9. The number of nitrogens with zero attached hydrogens (tertiary/aromatic N) is 2. The molecular formula is C14H27N2O5PSi. The molecule has 0 aliphatic rings. The molecule has 0 N–H and O–H groups in total. The molecular weight excluding hydrogens is 335 g/mol. The number of ether oxygens (including phenoxy) is 1. The highest BCUT2D eigenvalue weighted by molar-refractivity contribution is 7.52. The average molecular weight is 362 g/mol. The molecule has 0 bridgehead atoms. The van der Waals surface area contributed by atoms with Gasteiger partial charge in [0.1, 0.15) is 12.0 Å². The molecule has 0 radical (unpaired) electrons. The molecule has 23 heavy (non-hydrogen) atoms. The Kier molecular flexibility index (Phi) is 7.19. The van der Waals surface area contributed by atoms with Gasteiger partial charge in [-0.1, -0.05) is 19.6 Å². The van der Waals surface area contributed by atoms with E-state index in [0.717, 1.165) is 5.19 Å². The molecule has 132 valence electrons. The molecule has 0 saturated heterocycles. The molecule has 1 heterocycles. The fraction of sp³-hybridized carbons (Fsp3) is 0.714. The summed E-state index contributed by atoms with van der Waals surface area (Å²) >= 11 is 0. The second kappa shape index (κ2) is 8.24. The number of hydrogen-bond acceptors (Lipinski definition) is 6. The molecule has 0 aromatic carbocycles. The van der Waals surface area contributed by atoms with Crippen LogP contribution in [0.3, 0.4) is 0 Å². The van der Waals surface area contributed by atoms with E-state index in [2.05, 4.69) is 24.7 Å². The number of carbonyl (C=O) groups excluding carboxylic acids is 1. The van der Waals surface area contributed by atoms with Crippen LogP contribution in [0.4, 0.5) is 0 Å². The quantitative estimate of drug-likeness (QED) is 0.382. The molecule has 0 saturated carbocycles. The van der Waals surface area contributed by atoms with Gasteiger partial charge in [0.25, 0.3) is 0 Å². The predicted octanol–water partition coefficient (Wildman–Crippen LogP) is 2.83. The lowest BCUT2D eigenvalue weighted by molar-refractivity contribution is 0.0514. The highest BCUT2D eigenvalue weighted by Gasteiger charge is 2.33. The summed E-state index contributed by atoms with van der Waals surface area (Å²) in [5.41, 5.74) is 0.352. The van der Waals surface area contributed by atoms with Gasteiger partial charge in [0.15, 0.2) is 0 Å². The monoisotopic (exact) mass is 362 g/mol. The number of carbonyl (C=O) groups is 1. The van der Waals surface area contributed by atoms with Gasteiger partial charge < -0.3 is 13.8 Å². The lowest BCUT2D eigenvalue weighted by Gasteiger charge is -2.20. The number of hydrogen-bond donors (Lipinski definition) is 0. The van der Waals surface area contributed by atoms with E-state index in [1.807, 2.05) is 0 Å². The van der Waals surface area contributed by atoms with Crippen LogP contribution in [0.15, 0.2) is 6.20 Å². The normalized spacial score (nSPS) is 12.4. The minimum atomic E-state index is -3.36. The van der Waals surface area contributed by atoms with Crippen LogP contribution in [0, 0.1) is 0 Å². The maximum Gasteiger partial charge on any atom is 0.356 e. The highest BCUT2D eigenvalue weighted by Crippen LogP contribution is 2.49. The molecule has 0 aliphatic heterocycles. The number of aromatic nitrogens is 2. The summed E-state index contributed by atoms with van der Waals surface area (Å²) in [7, 11) is -5.17. The van der Waals surface area contributed by atoms with E-state index in [1.165, 1.54) is 4.68 Å². The Bertz CT molecular complexity index is 572. The third-order valence-electron chi connectivity index (χ3n) is 3.07. The lowest BCUT2D eigenvalue weighted by atomic mass is 10.4. The molecule has 1 aromatic heterocycles. The van der Waals surface area contributed by atoms with E-state index in [0.29, 0.717) is 5.69 Å². The van der Waals surface area contributed by atoms with E-state index in [4.69, 9.17) is 13.8 Å². The predicted molar refractivity (Wildman–Crippen MR) is 92.0 cm³/mol. The van der Waals surface area contributed by atoms with Crippen LogP contribution < -0.4 is 5.19 Å². The minimum Gasteiger partial charge on any atom is -0.461 e. The summed E-state index contributed by atoms with van der Waals surface area (Å²) in [6.07, 6.45) is 1.56. The van der Waals surface area contributed by atoms with Crippen molar-refractivity contribution >= 4 is 26.8 Å². The van der Waals surface area contributed by atoms with Crippen molar-refractivity contribution < 1.29 is 23.1 Å². The first-order valence-electron chi connectivity index (χ1n) is 7.80. The van der Waals surface area contributed by atoms with Crippen LogP contribution in [-0.4, -0.2) is 43.6 Å². The lowest BCUT2D eigenvalue weighted by Crippen LogP contribution is -2.41. The smallest absolute Gasteiger partial charge is 0.356 e. The Balaban J connectivity index is 3.28. The van der Waals surface area contributed by atoms with Gasteiger partial charge in [-0.15, -0.1) is 0 Å². The second-order valence-corrected chi connectivity index (χ2v) is 13.0. The summed E-state index contributed by atoms with van der Waals surface area (Å²) in [4.78, 5) is 12.4. The highest BCUT2D eigenvalue weighted by atomic mass is 31.2. The first kappa shape index (κ1) is 20.1. The Labute approximate surface area is 138 Å². The molecule has 0 unspecified atom stereocenters. The van der Waals surface area contributed by atoms with E-state index in [-0.39, 0.29) is 26.1 Å². The molecule has 1 rings (SSSR count). The third kappa shape index (κ3) is 5.27. The SMILES string of the molecule is CCOC(=O)c1c([Si](C)(C)C)cnn1CP(=O)(OCC)OCC. The summed E-state index contributed by atoms with van der Waals surface area (Å²) in [6, 6.07) is 0. The van der Waals surface area contributed by atoms with Crippen LogP contribution >= 0.6 is 7.60 Å². The van der Waals surface area contributed by atoms with E-state index >= 15 is 0 Å². The Morgan fingerprint density at radius 3 is 2.17 bits per heavy atom. The third-order valence-corrected chi connectivity index (χ3v) is 6.97. The van der Waals surface area contributed by atoms with Crippen molar-refractivity contribution in [3.63, 3.8) is 0 Å². The topological polar surface area (TPSA) is 79.7 Å². The van der Waals surface area contributed by atoms with Crippen molar-refractivity contribution in [2.24, 2.45) is 0 Å². The van der Waals surface area contributed by atoms with Crippen molar-refractivity contribution in [2.45, 2.75) is 46.7 Å². The van der Waals surface area contributed by atoms with Crippen molar-refractivity contribution in [2.75, 3.05) is 19.8 Å². The molecule has 0 aliphatic carbocycles. The largest absolute Gasteiger partial charge is 0.461 e. The van der Waals surface area contributed by atoms with Crippen LogP contribution in [0.25, 0.3) is 0 Å². The van der Waals surface area contributed by atoms with Crippen molar-refractivity contribution in [1.29, 1.82) is 0 Å². The zero-order valence-corrected chi connectivity index (χ0v) is 16.7. The molecule has 0 spiro atoms. The minimum absolute atomic E-state index is 0.104. The molecule has 9 heteroatoms. The molecule has 1 aromatic rings. The molecule has 0 amide bonds. The fourth-order valence-electron chi connectivity index (χ4n) is 2.13. The maximum atomic E-state index is 12.7. The molecule has 0 atom stereocenters. The first-order valence-corrected chi connectivity index (χ1v) is 13.0. The van der Waals surface area contributed by atoms with Gasteiger partial charge in [-0.25, -0.2) is 9.48 Å². The van der Waals surface area contributed by atoms with Crippen molar-refractivity contribution in [1.82, 2.24) is 9.78 Å². The fourth-order valence-corrected chi connectivity index (χ4v) is 5.09. The summed E-state index contributed by atoms with van der Waals surface area (Å²) in [5, 5.41) is 5.12. The van der Waals surface area contributed by atoms with Gasteiger partial charge in [-0.05, 0) is 26.0 Å². The summed E-state index contributed by atoms with van der Waals surface area (Å²) < 4.78 is 29.9. The zero-order chi connectivity index (χ0) is 17.7. The van der Waals surface area contributed by atoms with E-state index in [1.54, 1.807) is 27.0 Å². The van der Waals surface area contributed by atoms with Gasteiger partial charge in [0.05, 0.1) is 27.9 Å². The average Bonchev–Trinajstić information content (AvgIpc) is 2.82. The van der Waals surface area contributed by atoms with Gasteiger partial charge in [0, 0.05) is 6.20 Å². The van der Waals surface area contributed by atoms with Crippen LogP contribution in [0.2, 0.25) is 19.6 Å². The van der Waals surface area contributed by atoms with Crippen LogP contribution in [-0.2, 0) is 24.6 Å². The molecule has 0 fully saturated rings. The van der Waals surface area contributed by atoms with Crippen molar-refractivity contribution in [3.05, 3.63) is 11.9 Å².